The lowest BCUT2D eigenvalue weighted by molar-refractivity contribution is -0.154. The Bertz CT molecular complexity index is 1280. The third-order valence-corrected chi connectivity index (χ3v) is 6.25. The van der Waals surface area contributed by atoms with Gasteiger partial charge in [-0.05, 0) is 48.2 Å². The van der Waals surface area contributed by atoms with Gasteiger partial charge in [0.05, 0.1) is 29.0 Å². The number of pyridine rings is 2. The third-order valence-electron chi connectivity index (χ3n) is 6.25. The van der Waals surface area contributed by atoms with Crippen LogP contribution in [0.15, 0.2) is 29.1 Å². The molecule has 1 aromatic carbocycles. The molecule has 2 aromatic heterocycles. The lowest BCUT2D eigenvalue weighted by atomic mass is 9.83. The summed E-state index contributed by atoms with van der Waals surface area (Å²) in [4.78, 5) is 30.5. The number of cyclic esters (lactones) is 1. The molecule has 5 rings (SSSR count). The number of hydrogen-bond donors (Lipinski definition) is 2. The fraction of sp³-hybridized carbons (Fsp3) is 0.318. The van der Waals surface area contributed by atoms with Crippen LogP contribution in [0, 0.1) is 0 Å². The molecule has 4 heterocycles. The van der Waals surface area contributed by atoms with E-state index in [4.69, 9.17) is 15.5 Å². The zero-order valence-corrected chi connectivity index (χ0v) is 16.3. The molecule has 3 N–H and O–H groups in total. The van der Waals surface area contributed by atoms with Crippen molar-refractivity contribution >= 4 is 16.9 Å². The summed E-state index contributed by atoms with van der Waals surface area (Å²) in [6.45, 7) is 4.19. The summed E-state index contributed by atoms with van der Waals surface area (Å²) >= 11 is 0. The number of benzene rings is 1. The van der Waals surface area contributed by atoms with Crippen molar-refractivity contribution in [2.24, 2.45) is 5.73 Å². The normalized spacial score (nSPS) is 19.6. The number of esters is 1. The minimum atomic E-state index is -1.33. The van der Waals surface area contributed by atoms with Crippen molar-refractivity contribution in [1.29, 1.82) is 0 Å². The van der Waals surface area contributed by atoms with Crippen LogP contribution in [0.25, 0.3) is 22.3 Å². The monoisotopic (exact) mass is 391 g/mol. The summed E-state index contributed by atoms with van der Waals surface area (Å²) in [5, 5.41) is 10.8. The predicted molar refractivity (Wildman–Crippen MR) is 108 cm³/mol. The van der Waals surface area contributed by atoms with Gasteiger partial charge < -0.3 is 20.1 Å². The van der Waals surface area contributed by atoms with Crippen molar-refractivity contribution in [2.45, 2.75) is 45.4 Å². The Hall–Kier alpha value is -3.19. The molecule has 0 saturated carbocycles. The molecule has 0 unspecified atom stereocenters. The fourth-order valence-electron chi connectivity index (χ4n) is 4.59. The largest absolute Gasteiger partial charge is 0.508 e. The van der Waals surface area contributed by atoms with Crippen LogP contribution in [-0.4, -0.2) is 20.6 Å². The number of fused-ring (bicyclic) bond motifs is 5. The summed E-state index contributed by atoms with van der Waals surface area (Å²) in [6, 6.07) is 6.94. The molecule has 0 amide bonds. The van der Waals surface area contributed by atoms with Crippen molar-refractivity contribution in [3.05, 3.63) is 56.9 Å². The predicted octanol–water partition coefficient (Wildman–Crippen LogP) is 2.31. The van der Waals surface area contributed by atoms with Crippen LogP contribution in [0.2, 0.25) is 0 Å². The van der Waals surface area contributed by atoms with Crippen LogP contribution in [0.4, 0.5) is 0 Å². The van der Waals surface area contributed by atoms with Gasteiger partial charge >= 0.3 is 5.97 Å². The first kappa shape index (κ1) is 17.9. The van der Waals surface area contributed by atoms with Gasteiger partial charge in [-0.15, -0.1) is 0 Å². The first-order valence-corrected chi connectivity index (χ1v) is 9.77. The number of nitrogens with two attached hydrogens (primary N) is 1. The van der Waals surface area contributed by atoms with E-state index in [2.05, 4.69) is 0 Å². The van der Waals surface area contributed by atoms with Gasteiger partial charge in [0.15, 0.2) is 0 Å². The van der Waals surface area contributed by atoms with Crippen molar-refractivity contribution in [1.82, 2.24) is 9.55 Å². The van der Waals surface area contributed by atoms with Gasteiger partial charge in [-0.1, -0.05) is 13.8 Å². The molecule has 2 aliphatic heterocycles. The lowest BCUT2D eigenvalue weighted by Crippen LogP contribution is -2.50. The zero-order chi connectivity index (χ0) is 20.5. The smallest absolute Gasteiger partial charge is 0.331 e. The van der Waals surface area contributed by atoms with E-state index in [1.165, 1.54) is 0 Å². The molecule has 29 heavy (non-hydrogen) atoms. The summed E-state index contributed by atoms with van der Waals surface area (Å²) < 4.78 is 6.91. The number of ether oxygens (including phenoxy) is 1. The van der Waals surface area contributed by atoms with Crippen LogP contribution in [0.5, 0.6) is 5.75 Å². The van der Waals surface area contributed by atoms with Crippen LogP contribution < -0.4 is 11.3 Å². The minimum Gasteiger partial charge on any atom is -0.508 e. The minimum absolute atomic E-state index is 0.0630. The molecular weight excluding hydrogens is 370 g/mol. The van der Waals surface area contributed by atoms with Gasteiger partial charge in [0.25, 0.3) is 5.56 Å². The van der Waals surface area contributed by atoms with Gasteiger partial charge in [0, 0.05) is 10.9 Å². The highest BCUT2D eigenvalue weighted by Crippen LogP contribution is 2.39. The molecule has 148 valence electrons. The van der Waals surface area contributed by atoms with Crippen LogP contribution in [0.3, 0.4) is 0 Å². The van der Waals surface area contributed by atoms with Gasteiger partial charge in [-0.2, -0.15) is 0 Å². The fourth-order valence-corrected chi connectivity index (χ4v) is 4.59. The molecule has 7 heteroatoms. The SMILES string of the molecule is CCc1c2c(nc3ccc(O)cc13)-c1cc3c(c(=O)n1C2)COC(=O)[C@@]3(N)CC. The average Bonchev–Trinajstić information content (AvgIpc) is 3.08. The van der Waals surface area contributed by atoms with Gasteiger partial charge in [0.1, 0.15) is 17.9 Å². The zero-order valence-electron chi connectivity index (χ0n) is 16.3. The summed E-state index contributed by atoms with van der Waals surface area (Å²) in [5.74, 6) is -0.324. The standard InChI is InChI=1S/C22H21N3O4/c1-3-12-13-7-11(26)5-6-17(13)24-19-14(12)9-25-18(19)8-16-15(20(25)27)10-29-21(28)22(16,23)4-2/h5-8,26H,3-4,9-10,23H2,1-2H3/t22-/m1/s1. The number of phenolic OH excluding ortho intramolecular Hbond substituents is 1. The Morgan fingerprint density at radius 3 is 2.76 bits per heavy atom. The third kappa shape index (κ3) is 2.25. The van der Waals surface area contributed by atoms with E-state index in [0.717, 1.165) is 34.1 Å². The Labute approximate surface area is 166 Å². The molecule has 0 aliphatic carbocycles. The summed E-state index contributed by atoms with van der Waals surface area (Å²) in [5.41, 5.74) is 10.0. The van der Waals surface area contributed by atoms with E-state index in [0.29, 0.717) is 29.8 Å². The maximum Gasteiger partial charge on any atom is 0.331 e. The van der Waals surface area contributed by atoms with Crippen LogP contribution in [0.1, 0.15) is 42.5 Å². The van der Waals surface area contributed by atoms with Crippen molar-refractivity contribution in [3.8, 4) is 17.1 Å². The van der Waals surface area contributed by atoms with E-state index < -0.39 is 11.5 Å². The molecule has 0 bridgehead atoms. The average molecular weight is 391 g/mol. The maximum absolute atomic E-state index is 13.3. The molecule has 0 fully saturated rings. The van der Waals surface area contributed by atoms with Gasteiger partial charge in [0.2, 0.25) is 0 Å². The quantitative estimate of drug-likeness (QED) is 0.508. The van der Waals surface area contributed by atoms with E-state index in [1.54, 1.807) is 22.8 Å². The van der Waals surface area contributed by atoms with Gasteiger partial charge in [-0.25, -0.2) is 9.78 Å². The number of carbonyl (C=O) groups is 1. The molecule has 0 saturated heterocycles. The number of aryl methyl sites for hydroxylation is 1. The van der Waals surface area contributed by atoms with E-state index in [1.807, 2.05) is 19.9 Å². The van der Waals surface area contributed by atoms with Crippen molar-refractivity contribution < 1.29 is 14.6 Å². The Balaban J connectivity index is 1.84. The van der Waals surface area contributed by atoms with E-state index in [9.17, 15) is 14.7 Å². The summed E-state index contributed by atoms with van der Waals surface area (Å²) in [7, 11) is 0. The second kappa shape index (κ2) is 5.90. The first-order valence-electron chi connectivity index (χ1n) is 9.77. The van der Waals surface area contributed by atoms with Crippen molar-refractivity contribution in [2.75, 3.05) is 0 Å². The number of carbonyl (C=O) groups excluding carboxylic acids is 1. The molecular formula is C22H21N3O4. The highest BCUT2D eigenvalue weighted by molar-refractivity contribution is 5.90. The molecule has 3 aromatic rings. The van der Waals surface area contributed by atoms with Gasteiger partial charge in [-0.3, -0.25) is 4.79 Å². The van der Waals surface area contributed by atoms with E-state index in [-0.39, 0.29) is 17.9 Å². The highest BCUT2D eigenvalue weighted by Gasteiger charge is 2.44. The number of aromatic hydroxyl groups is 1. The topological polar surface area (TPSA) is 107 Å². The second-order valence-corrected chi connectivity index (χ2v) is 7.69. The number of hydrogen-bond acceptors (Lipinski definition) is 6. The molecule has 7 nitrogen and oxygen atoms in total. The second-order valence-electron chi connectivity index (χ2n) is 7.69. The van der Waals surface area contributed by atoms with E-state index >= 15 is 0 Å². The highest BCUT2D eigenvalue weighted by atomic mass is 16.5. The molecule has 0 radical (unpaired) electrons. The molecule has 2 aliphatic rings. The number of phenols is 1. The Morgan fingerprint density at radius 1 is 1.24 bits per heavy atom. The summed E-state index contributed by atoms with van der Waals surface area (Å²) in [6.07, 6.45) is 1.07. The van der Waals surface area contributed by atoms with Crippen LogP contribution >= 0.6 is 0 Å². The molecule has 0 spiro atoms. The first-order chi connectivity index (χ1) is 13.9. The molecule has 1 atom stereocenters. The number of aromatic nitrogens is 2. The number of rotatable bonds is 2. The Morgan fingerprint density at radius 2 is 2.03 bits per heavy atom. The number of nitrogens with zero attached hydrogens (tertiary/aromatic N) is 2. The lowest BCUT2D eigenvalue weighted by Gasteiger charge is -2.32. The van der Waals surface area contributed by atoms with Crippen molar-refractivity contribution in [3.63, 3.8) is 0 Å². The Kier molecular flexibility index (Phi) is 3.64. The maximum atomic E-state index is 13.3. The van der Waals surface area contributed by atoms with Crippen LogP contribution in [-0.2, 0) is 34.6 Å².